The molecule has 0 spiro atoms. The van der Waals surface area contributed by atoms with Gasteiger partial charge in [-0.1, -0.05) is 60.7 Å². The highest BCUT2D eigenvalue weighted by atomic mass is 16.3. The lowest BCUT2D eigenvalue weighted by Crippen LogP contribution is -2.29. The van der Waals surface area contributed by atoms with E-state index in [-0.39, 0.29) is 11.8 Å². The van der Waals surface area contributed by atoms with Crippen molar-refractivity contribution in [3.63, 3.8) is 0 Å². The predicted octanol–water partition coefficient (Wildman–Crippen LogP) is 3.92. The molecule has 3 aromatic rings. The van der Waals surface area contributed by atoms with Crippen LogP contribution in [0.4, 0.5) is 0 Å². The zero-order chi connectivity index (χ0) is 17.5. The summed E-state index contributed by atoms with van der Waals surface area (Å²) < 4.78 is 5.13. The average Bonchev–Trinajstić information content (AvgIpc) is 3.21. The van der Waals surface area contributed by atoms with Crippen LogP contribution in [0.15, 0.2) is 83.5 Å². The number of aliphatic hydroxyl groups excluding tert-OH is 1. The van der Waals surface area contributed by atoms with Crippen molar-refractivity contribution in [3.05, 3.63) is 95.9 Å². The highest BCUT2D eigenvalue weighted by Gasteiger charge is 2.22. The highest BCUT2D eigenvalue weighted by Crippen LogP contribution is 2.28. The van der Waals surface area contributed by atoms with Gasteiger partial charge in [0.1, 0.15) is 0 Å². The van der Waals surface area contributed by atoms with Crippen LogP contribution < -0.4 is 5.32 Å². The van der Waals surface area contributed by atoms with Crippen LogP contribution in [0.5, 0.6) is 0 Å². The van der Waals surface area contributed by atoms with Gasteiger partial charge in [-0.3, -0.25) is 4.79 Å². The molecular formula is C21H21NO3. The van der Waals surface area contributed by atoms with Crippen molar-refractivity contribution in [1.29, 1.82) is 0 Å². The van der Waals surface area contributed by atoms with Crippen LogP contribution in [0, 0.1) is 0 Å². The smallest absolute Gasteiger partial charge is 0.199 e. The normalized spacial score (nSPS) is 13.3. The fraction of sp³-hybridized carbons (Fsp3) is 0.190. The van der Waals surface area contributed by atoms with E-state index in [0.717, 1.165) is 11.1 Å². The second kappa shape index (κ2) is 8.42. The van der Waals surface area contributed by atoms with Gasteiger partial charge in [-0.2, -0.15) is 0 Å². The third kappa shape index (κ3) is 4.44. The fourth-order valence-electron chi connectivity index (χ4n) is 2.82. The molecule has 2 unspecified atom stereocenters. The summed E-state index contributed by atoms with van der Waals surface area (Å²) in [5, 5.41) is 14.1. The second-order valence-corrected chi connectivity index (χ2v) is 5.85. The van der Waals surface area contributed by atoms with Gasteiger partial charge in [0.2, 0.25) is 0 Å². The number of benzene rings is 2. The predicted molar refractivity (Wildman–Crippen MR) is 96.2 cm³/mol. The van der Waals surface area contributed by atoms with Crippen molar-refractivity contribution in [3.8, 4) is 0 Å². The summed E-state index contributed by atoms with van der Waals surface area (Å²) in [7, 11) is 0. The van der Waals surface area contributed by atoms with Crippen molar-refractivity contribution in [2.45, 2.75) is 18.6 Å². The first-order chi connectivity index (χ1) is 12.3. The maximum Gasteiger partial charge on any atom is 0.199 e. The topological polar surface area (TPSA) is 62.5 Å². The largest absolute Gasteiger partial charge is 0.461 e. The Hall–Kier alpha value is -2.69. The van der Waals surface area contributed by atoms with Crippen LogP contribution in [0.25, 0.3) is 0 Å². The Balaban J connectivity index is 1.70. The Morgan fingerprint density at radius 1 is 0.920 bits per heavy atom. The van der Waals surface area contributed by atoms with Gasteiger partial charge in [0.05, 0.1) is 18.4 Å². The SMILES string of the molecule is O=C(CCNC(c1ccccc1)C(O)c1ccccc1)c1ccco1. The molecule has 0 saturated heterocycles. The highest BCUT2D eigenvalue weighted by molar-refractivity contribution is 5.93. The van der Waals surface area contributed by atoms with Gasteiger partial charge in [0.25, 0.3) is 0 Å². The van der Waals surface area contributed by atoms with Gasteiger partial charge in [-0.25, -0.2) is 0 Å². The molecule has 3 rings (SSSR count). The van der Waals surface area contributed by atoms with E-state index in [1.807, 2.05) is 60.7 Å². The Morgan fingerprint density at radius 2 is 1.56 bits per heavy atom. The van der Waals surface area contributed by atoms with Gasteiger partial charge in [-0.15, -0.1) is 0 Å². The summed E-state index contributed by atoms with van der Waals surface area (Å²) in [6, 6.07) is 22.4. The fourth-order valence-corrected chi connectivity index (χ4v) is 2.82. The number of furan rings is 1. The van der Waals surface area contributed by atoms with E-state index in [4.69, 9.17) is 4.42 Å². The molecule has 0 fully saturated rings. The summed E-state index contributed by atoms with van der Waals surface area (Å²) in [5.74, 6) is 0.306. The molecule has 4 heteroatoms. The maximum atomic E-state index is 12.1. The van der Waals surface area contributed by atoms with Crippen molar-refractivity contribution in [2.75, 3.05) is 6.54 Å². The van der Waals surface area contributed by atoms with E-state index in [0.29, 0.717) is 18.7 Å². The Morgan fingerprint density at radius 3 is 2.16 bits per heavy atom. The standard InChI is InChI=1S/C21H21NO3/c23-18(19-12-7-15-25-19)13-14-22-20(16-8-3-1-4-9-16)21(24)17-10-5-2-6-11-17/h1-12,15,20-22,24H,13-14H2. The molecule has 0 bridgehead atoms. The van der Waals surface area contributed by atoms with Crippen LogP contribution in [-0.4, -0.2) is 17.4 Å². The summed E-state index contributed by atoms with van der Waals surface area (Å²) >= 11 is 0. The molecule has 25 heavy (non-hydrogen) atoms. The summed E-state index contributed by atoms with van der Waals surface area (Å²) in [4.78, 5) is 12.1. The maximum absolute atomic E-state index is 12.1. The van der Waals surface area contributed by atoms with Crippen molar-refractivity contribution in [2.24, 2.45) is 0 Å². The summed E-state index contributed by atoms with van der Waals surface area (Å²) in [6.45, 7) is 0.447. The molecule has 0 amide bonds. The molecule has 0 saturated carbocycles. The number of carbonyl (C=O) groups excluding carboxylic acids is 1. The summed E-state index contributed by atoms with van der Waals surface area (Å²) in [6.07, 6.45) is 1.09. The van der Waals surface area contributed by atoms with Crippen LogP contribution >= 0.6 is 0 Å². The number of hydrogen-bond acceptors (Lipinski definition) is 4. The molecule has 1 heterocycles. The molecule has 4 nitrogen and oxygen atoms in total. The minimum atomic E-state index is -0.706. The quantitative estimate of drug-likeness (QED) is 0.613. The first-order valence-corrected chi connectivity index (χ1v) is 8.34. The van der Waals surface area contributed by atoms with Crippen molar-refractivity contribution >= 4 is 5.78 Å². The molecule has 128 valence electrons. The van der Waals surface area contributed by atoms with Crippen LogP contribution in [0.2, 0.25) is 0 Å². The summed E-state index contributed by atoms with van der Waals surface area (Å²) in [5.41, 5.74) is 1.81. The average molecular weight is 335 g/mol. The van der Waals surface area contributed by atoms with E-state index >= 15 is 0 Å². The third-order valence-electron chi connectivity index (χ3n) is 4.13. The lowest BCUT2D eigenvalue weighted by atomic mass is 9.95. The molecule has 2 aromatic carbocycles. The minimum Gasteiger partial charge on any atom is -0.461 e. The van der Waals surface area contributed by atoms with E-state index in [1.54, 1.807) is 12.1 Å². The molecule has 2 atom stereocenters. The van der Waals surface area contributed by atoms with Gasteiger partial charge in [-0.05, 0) is 23.3 Å². The van der Waals surface area contributed by atoms with Gasteiger partial charge >= 0.3 is 0 Å². The number of carbonyl (C=O) groups is 1. The molecule has 2 N–H and O–H groups in total. The third-order valence-corrected chi connectivity index (χ3v) is 4.13. The first kappa shape index (κ1) is 17.1. The Bertz CT molecular complexity index is 769. The van der Waals surface area contributed by atoms with Crippen molar-refractivity contribution < 1.29 is 14.3 Å². The van der Waals surface area contributed by atoms with Crippen LogP contribution in [-0.2, 0) is 0 Å². The van der Waals surface area contributed by atoms with Gasteiger partial charge in [0, 0.05) is 13.0 Å². The zero-order valence-electron chi connectivity index (χ0n) is 13.8. The monoisotopic (exact) mass is 335 g/mol. The van der Waals surface area contributed by atoms with Gasteiger partial charge < -0.3 is 14.8 Å². The molecule has 0 radical (unpaired) electrons. The minimum absolute atomic E-state index is 0.0569. The Labute approximate surface area is 147 Å². The number of Topliss-reactive ketones (excluding diaryl/α,β-unsaturated/α-hetero) is 1. The number of aliphatic hydroxyl groups is 1. The number of ketones is 1. The van der Waals surface area contributed by atoms with Gasteiger partial charge in [0.15, 0.2) is 11.5 Å². The number of rotatable bonds is 8. The molecular weight excluding hydrogens is 314 g/mol. The second-order valence-electron chi connectivity index (χ2n) is 5.85. The molecule has 0 aliphatic carbocycles. The van der Waals surface area contributed by atoms with Crippen LogP contribution in [0.3, 0.4) is 0 Å². The van der Waals surface area contributed by atoms with E-state index in [2.05, 4.69) is 5.32 Å². The van der Waals surface area contributed by atoms with Crippen molar-refractivity contribution in [1.82, 2.24) is 5.32 Å². The van der Waals surface area contributed by atoms with E-state index < -0.39 is 6.10 Å². The lowest BCUT2D eigenvalue weighted by molar-refractivity contribution is 0.0942. The molecule has 1 aromatic heterocycles. The molecule has 0 aliphatic heterocycles. The lowest BCUT2D eigenvalue weighted by Gasteiger charge is -2.25. The Kier molecular flexibility index (Phi) is 5.77. The van der Waals surface area contributed by atoms with E-state index in [1.165, 1.54) is 6.26 Å². The number of hydrogen-bond donors (Lipinski definition) is 2. The van der Waals surface area contributed by atoms with Crippen LogP contribution in [0.1, 0.15) is 40.2 Å². The first-order valence-electron chi connectivity index (χ1n) is 8.34. The number of nitrogens with one attached hydrogen (secondary N) is 1. The van der Waals surface area contributed by atoms with E-state index in [9.17, 15) is 9.90 Å². The zero-order valence-corrected chi connectivity index (χ0v) is 13.8. The molecule has 0 aliphatic rings.